The van der Waals surface area contributed by atoms with Gasteiger partial charge in [-0.25, -0.2) is 0 Å². The molecule has 0 aliphatic heterocycles. The molecule has 0 nitrogen and oxygen atoms in total. The Morgan fingerprint density at radius 1 is 0.875 bits per heavy atom. The maximum Gasteiger partial charge on any atom is -0.0149 e. The average Bonchev–Trinajstić information content (AvgIpc) is 1.72. The van der Waals surface area contributed by atoms with E-state index in [1.54, 1.807) is 14.9 Å². The Hall–Kier alpha value is 0.853. The van der Waals surface area contributed by atoms with Crippen molar-refractivity contribution >= 4 is 27.2 Å². The summed E-state index contributed by atoms with van der Waals surface area (Å²) in [5.41, 5.74) is 0. The molecule has 0 heterocycles. The molecule has 0 aliphatic rings. The van der Waals surface area contributed by atoms with Crippen LogP contribution in [-0.4, -0.2) is 27.2 Å². The minimum absolute atomic E-state index is 0. The van der Waals surface area contributed by atoms with Crippen LogP contribution in [0.1, 0.15) is 20.8 Å². The second-order valence-corrected chi connectivity index (χ2v) is 10.9. The van der Waals surface area contributed by atoms with Crippen LogP contribution in [0.5, 0.6) is 0 Å². The van der Waals surface area contributed by atoms with E-state index in [1.807, 2.05) is 0 Å². The Morgan fingerprint density at radius 2 is 1.12 bits per heavy atom. The molecular weight excluding hydrogens is 170 g/mol. The maximum absolute atomic E-state index is 2.34. The largest absolute Gasteiger partial charge is 0.0149 e. The SMILES string of the molecule is C[CH2][Ga]([CH2]C)[CH2]C.[SiH4]. The molecule has 0 unspecified atom stereocenters. The summed E-state index contributed by atoms with van der Waals surface area (Å²) in [6, 6.07) is 0. The Bertz CT molecular complexity index is 30.0. The quantitative estimate of drug-likeness (QED) is 0.583. The standard InChI is InChI=1S/3C2H5.Ga.H4Si/c3*1-2;;/h3*1H2,2H3;;1H4. The summed E-state index contributed by atoms with van der Waals surface area (Å²) < 4.78 is 0. The predicted octanol–water partition coefficient (Wildman–Crippen LogP) is 1.09. The van der Waals surface area contributed by atoms with E-state index in [4.69, 9.17) is 0 Å². The topological polar surface area (TPSA) is 0 Å². The third-order valence-electron chi connectivity index (χ3n) is 1.73. The van der Waals surface area contributed by atoms with E-state index in [0.29, 0.717) is 0 Å². The van der Waals surface area contributed by atoms with Gasteiger partial charge in [0.25, 0.3) is 0 Å². The summed E-state index contributed by atoms with van der Waals surface area (Å²) in [5, 5.41) is 0. The van der Waals surface area contributed by atoms with E-state index in [9.17, 15) is 0 Å². The van der Waals surface area contributed by atoms with Gasteiger partial charge in [0.1, 0.15) is 0 Å². The van der Waals surface area contributed by atoms with Crippen molar-refractivity contribution in [3.63, 3.8) is 0 Å². The molecule has 2 heteroatoms. The van der Waals surface area contributed by atoms with Crippen molar-refractivity contribution in [2.45, 2.75) is 35.7 Å². The van der Waals surface area contributed by atoms with Gasteiger partial charge in [-0.05, 0) is 11.0 Å². The van der Waals surface area contributed by atoms with Crippen molar-refractivity contribution in [3.05, 3.63) is 0 Å². The molecule has 0 radical (unpaired) electrons. The van der Waals surface area contributed by atoms with Gasteiger partial charge in [-0.15, -0.1) is 0 Å². The Kier molecular flexibility index (Phi) is 11.4. The fraction of sp³-hybridized carbons (Fsp3) is 1.00. The van der Waals surface area contributed by atoms with Crippen LogP contribution in [0.4, 0.5) is 0 Å². The number of rotatable bonds is 3. The third kappa shape index (κ3) is 5.00. The number of hydrogen-bond donors (Lipinski definition) is 0. The van der Waals surface area contributed by atoms with Gasteiger partial charge >= 0.3 is 51.9 Å². The molecule has 0 aromatic carbocycles. The molecule has 0 amide bonds. The summed E-state index contributed by atoms with van der Waals surface area (Å²) in [4.78, 5) is 4.62. The second-order valence-electron chi connectivity index (χ2n) is 2.09. The first kappa shape index (κ1) is 11.6. The van der Waals surface area contributed by atoms with E-state index < -0.39 is 16.2 Å². The van der Waals surface area contributed by atoms with Gasteiger partial charge in [-0.3, -0.25) is 0 Å². The molecule has 0 saturated heterocycles. The van der Waals surface area contributed by atoms with Crippen LogP contribution in [0.3, 0.4) is 0 Å². The molecule has 0 N–H and O–H groups in total. The van der Waals surface area contributed by atoms with Crippen LogP contribution in [0, 0.1) is 0 Å². The summed E-state index contributed by atoms with van der Waals surface area (Å²) in [5.74, 6) is 0. The van der Waals surface area contributed by atoms with Gasteiger partial charge in [0.2, 0.25) is 0 Å². The van der Waals surface area contributed by atoms with E-state index in [2.05, 4.69) is 20.8 Å². The van der Waals surface area contributed by atoms with Crippen molar-refractivity contribution < 1.29 is 0 Å². The first-order chi connectivity index (χ1) is 3.35. The van der Waals surface area contributed by atoms with Gasteiger partial charge in [0, 0.05) is 0 Å². The summed E-state index contributed by atoms with van der Waals surface area (Å²) in [6.45, 7) is 7.03. The molecule has 50 valence electrons. The van der Waals surface area contributed by atoms with Crippen LogP contribution in [0.15, 0.2) is 0 Å². The molecule has 0 saturated carbocycles. The Labute approximate surface area is 63.1 Å². The van der Waals surface area contributed by atoms with E-state index in [1.165, 1.54) is 0 Å². The smallest absolute Gasteiger partial charge is 0.0149 e. The van der Waals surface area contributed by atoms with Crippen molar-refractivity contribution in [1.82, 2.24) is 0 Å². The monoisotopic (exact) mass is 188 g/mol. The van der Waals surface area contributed by atoms with Crippen molar-refractivity contribution in [3.8, 4) is 0 Å². The van der Waals surface area contributed by atoms with E-state index >= 15 is 0 Å². The third-order valence-corrected chi connectivity index (χ3v) is 9.00. The average molecular weight is 189 g/mol. The van der Waals surface area contributed by atoms with Crippen LogP contribution >= 0.6 is 0 Å². The molecule has 8 heavy (non-hydrogen) atoms. The first-order valence-electron chi connectivity index (χ1n) is 3.35. The summed E-state index contributed by atoms with van der Waals surface area (Å²) in [6.07, 6.45) is 0. The van der Waals surface area contributed by atoms with Crippen molar-refractivity contribution in [1.29, 1.82) is 0 Å². The minimum Gasteiger partial charge on any atom is -0.0149 e. The van der Waals surface area contributed by atoms with Crippen LogP contribution in [-0.2, 0) is 0 Å². The molecule has 0 fully saturated rings. The normalized spacial score (nSPS) is 7.88. The molecule has 0 aromatic heterocycles. The maximum atomic E-state index is 2.34. The van der Waals surface area contributed by atoms with Crippen molar-refractivity contribution in [2.75, 3.05) is 0 Å². The van der Waals surface area contributed by atoms with Crippen molar-refractivity contribution in [2.24, 2.45) is 0 Å². The molecule has 0 spiro atoms. The minimum atomic E-state index is -0.576. The van der Waals surface area contributed by atoms with Crippen LogP contribution in [0.25, 0.3) is 0 Å². The first-order valence-corrected chi connectivity index (χ1v) is 8.49. The van der Waals surface area contributed by atoms with E-state index in [0.717, 1.165) is 0 Å². The molecule has 0 aromatic rings. The van der Waals surface area contributed by atoms with Gasteiger partial charge < -0.3 is 0 Å². The molecule has 0 rings (SSSR count). The molecule has 0 aliphatic carbocycles. The number of hydrogen-bond acceptors (Lipinski definition) is 0. The zero-order valence-corrected chi connectivity index (χ0v) is 8.12. The fourth-order valence-corrected chi connectivity index (χ4v) is 4.50. The predicted molar refractivity (Wildman–Crippen MR) is 48.5 cm³/mol. The zero-order chi connectivity index (χ0) is 5.70. The zero-order valence-electron chi connectivity index (χ0n) is 5.70. The molecule has 0 atom stereocenters. The van der Waals surface area contributed by atoms with Crippen LogP contribution < -0.4 is 0 Å². The Morgan fingerprint density at radius 3 is 1.12 bits per heavy atom. The molecule has 0 bridgehead atoms. The van der Waals surface area contributed by atoms with Crippen LogP contribution in [0.2, 0.25) is 14.9 Å². The summed E-state index contributed by atoms with van der Waals surface area (Å²) >= 11 is -0.576. The van der Waals surface area contributed by atoms with Gasteiger partial charge in [-0.1, -0.05) is 0 Å². The van der Waals surface area contributed by atoms with Gasteiger partial charge in [0.15, 0.2) is 0 Å². The van der Waals surface area contributed by atoms with E-state index in [-0.39, 0.29) is 11.0 Å². The second kappa shape index (κ2) is 7.85. The Balaban J connectivity index is 0. The fourth-order valence-electron chi connectivity index (χ4n) is 0.866. The molecular formula is C6H19GaSi. The van der Waals surface area contributed by atoms with Gasteiger partial charge in [-0.2, -0.15) is 0 Å². The summed E-state index contributed by atoms with van der Waals surface area (Å²) in [7, 11) is 0. The van der Waals surface area contributed by atoms with Gasteiger partial charge in [0.05, 0.1) is 0 Å².